The van der Waals surface area contributed by atoms with Crippen molar-refractivity contribution in [3.63, 3.8) is 0 Å². The number of aryl methyl sites for hydroxylation is 3. The molecule has 2 aromatic rings. The van der Waals surface area contributed by atoms with E-state index >= 15 is 0 Å². The molecule has 0 aliphatic rings. The first kappa shape index (κ1) is 36.9. The molecule has 0 amide bonds. The van der Waals surface area contributed by atoms with Crippen molar-refractivity contribution < 1.29 is 0 Å². The lowest BCUT2D eigenvalue weighted by molar-refractivity contribution is 1.32. The second-order valence-corrected chi connectivity index (χ2v) is 6.91. The highest BCUT2D eigenvalue weighted by atomic mass is 14.7. The summed E-state index contributed by atoms with van der Waals surface area (Å²) < 4.78 is 0. The van der Waals surface area contributed by atoms with E-state index < -0.39 is 0 Å². The maximum Gasteiger partial charge on any atom is 0.0386 e. The lowest BCUT2D eigenvalue weighted by atomic mass is 10.0. The topological polar surface area (TPSA) is 12.4 Å². The zero-order valence-electron chi connectivity index (χ0n) is 23.9. The lowest BCUT2D eigenvalue weighted by Crippen LogP contribution is -1.95. The fourth-order valence-electron chi connectivity index (χ4n) is 2.15. The maximum absolute atomic E-state index is 4.15. The fourth-order valence-corrected chi connectivity index (χ4v) is 2.15. The molecule has 0 fully saturated rings. The molecular formula is C31H53N. The highest BCUT2D eigenvalue weighted by Crippen LogP contribution is 2.15. The van der Waals surface area contributed by atoms with Gasteiger partial charge in [0, 0.05) is 12.8 Å². The number of aliphatic imine (C=N–C) groups is 1. The first-order chi connectivity index (χ1) is 15.1. The third-order valence-electron chi connectivity index (χ3n) is 3.86. The second kappa shape index (κ2) is 24.9. The monoisotopic (exact) mass is 439 g/mol. The minimum atomic E-state index is 1.10. The van der Waals surface area contributed by atoms with Crippen molar-refractivity contribution in [2.24, 2.45) is 4.99 Å². The third-order valence-corrected chi connectivity index (χ3v) is 3.86. The quantitative estimate of drug-likeness (QED) is 0.326. The smallest absolute Gasteiger partial charge is 0.0386 e. The minimum absolute atomic E-state index is 1.10. The Labute approximate surface area is 202 Å². The summed E-state index contributed by atoms with van der Waals surface area (Å²) in [6.07, 6.45) is 0. The first-order valence-electron chi connectivity index (χ1n) is 11.9. The summed E-state index contributed by atoms with van der Waals surface area (Å²) in [5, 5.41) is 0. The van der Waals surface area contributed by atoms with E-state index in [4.69, 9.17) is 0 Å². The third kappa shape index (κ3) is 19.5. The van der Waals surface area contributed by atoms with Crippen LogP contribution < -0.4 is 0 Å². The predicted octanol–water partition coefficient (Wildman–Crippen LogP) is 10.4. The van der Waals surface area contributed by atoms with E-state index in [1.165, 1.54) is 33.4 Å². The van der Waals surface area contributed by atoms with Crippen molar-refractivity contribution in [2.45, 2.75) is 90.0 Å². The Kier molecular flexibility index (Phi) is 28.7. The van der Waals surface area contributed by atoms with Crippen molar-refractivity contribution >= 4 is 11.3 Å². The van der Waals surface area contributed by atoms with E-state index in [-0.39, 0.29) is 0 Å². The molecule has 0 aliphatic carbocycles. The second-order valence-electron chi connectivity index (χ2n) is 6.91. The van der Waals surface area contributed by atoms with E-state index in [9.17, 15) is 0 Å². The van der Waals surface area contributed by atoms with Gasteiger partial charge in [0.15, 0.2) is 0 Å². The average molecular weight is 440 g/mol. The van der Waals surface area contributed by atoms with Crippen molar-refractivity contribution in [1.29, 1.82) is 0 Å². The van der Waals surface area contributed by atoms with Gasteiger partial charge in [-0.2, -0.15) is 0 Å². The summed E-state index contributed by atoms with van der Waals surface area (Å²) in [4.78, 5) is 4.15. The van der Waals surface area contributed by atoms with Gasteiger partial charge in [0.2, 0.25) is 0 Å². The molecule has 2 aromatic carbocycles. The highest BCUT2D eigenvalue weighted by Gasteiger charge is 1.97. The molecule has 2 rings (SSSR count). The van der Waals surface area contributed by atoms with Crippen LogP contribution in [0, 0.1) is 20.8 Å². The van der Waals surface area contributed by atoms with Gasteiger partial charge in [-0.05, 0) is 82.3 Å². The Morgan fingerprint density at radius 2 is 1.09 bits per heavy atom. The average Bonchev–Trinajstić information content (AvgIpc) is 2.79. The number of rotatable bonds is 2. The molecule has 1 nitrogen and oxygen atoms in total. The Balaban J connectivity index is -0.000000177. The van der Waals surface area contributed by atoms with Gasteiger partial charge in [-0.25, -0.2) is 0 Å². The first-order valence-corrected chi connectivity index (χ1v) is 11.9. The number of hydrogen-bond acceptors (Lipinski definition) is 1. The van der Waals surface area contributed by atoms with Crippen LogP contribution in [0.25, 0.3) is 5.57 Å². The highest BCUT2D eigenvalue weighted by molar-refractivity contribution is 5.98. The van der Waals surface area contributed by atoms with Gasteiger partial charge in [-0.1, -0.05) is 95.7 Å². The summed E-state index contributed by atoms with van der Waals surface area (Å²) in [6.45, 7) is 33.8. The minimum Gasteiger partial charge on any atom is -0.293 e. The molecule has 0 atom stereocenters. The molecule has 1 heteroatoms. The maximum atomic E-state index is 4.15. The van der Waals surface area contributed by atoms with Crippen LogP contribution in [-0.4, -0.2) is 12.8 Å². The van der Waals surface area contributed by atoms with E-state index in [2.05, 4.69) is 69.3 Å². The molecule has 0 heterocycles. The van der Waals surface area contributed by atoms with Crippen LogP contribution in [0.4, 0.5) is 0 Å². The fraction of sp³-hybridized carbons (Fsp3) is 0.452. The standard InChI is InChI=1S/C11H15N.C10H12.C4H8.3C2H6/c1-8-5-6-11(7-9(8)2)10(3)12-4;1-8(2)10-7-5-4-6-9(10)3;1-4(2)3;3*1-2/h5-7H,1-4H3;4-7H,1H2,2-3H3;1H2,2-3H3;3*1-2H3. The zero-order chi connectivity index (χ0) is 26.3. The molecular weight excluding hydrogens is 386 g/mol. The molecule has 0 unspecified atom stereocenters. The molecule has 0 aromatic heterocycles. The van der Waals surface area contributed by atoms with E-state index in [0.717, 1.165) is 11.3 Å². The molecule has 0 saturated carbocycles. The summed E-state index contributed by atoms with van der Waals surface area (Å²) in [7, 11) is 1.82. The molecule has 0 aliphatic heterocycles. The Hall–Kier alpha value is -2.41. The summed E-state index contributed by atoms with van der Waals surface area (Å²) >= 11 is 0. The molecule has 182 valence electrons. The van der Waals surface area contributed by atoms with Gasteiger partial charge in [0.05, 0.1) is 0 Å². The van der Waals surface area contributed by atoms with Crippen LogP contribution in [0.2, 0.25) is 0 Å². The molecule has 0 radical (unpaired) electrons. The van der Waals surface area contributed by atoms with Gasteiger partial charge in [0.25, 0.3) is 0 Å². The van der Waals surface area contributed by atoms with Crippen molar-refractivity contribution in [3.8, 4) is 0 Å². The Morgan fingerprint density at radius 3 is 1.41 bits per heavy atom. The van der Waals surface area contributed by atoms with Crippen LogP contribution in [0.15, 0.2) is 66.2 Å². The summed E-state index contributed by atoms with van der Waals surface area (Å²) in [5.41, 5.74) is 9.85. The largest absolute Gasteiger partial charge is 0.293 e. The van der Waals surface area contributed by atoms with Gasteiger partial charge in [-0.15, -0.1) is 6.58 Å². The molecule has 0 saturated heterocycles. The summed E-state index contributed by atoms with van der Waals surface area (Å²) in [6, 6.07) is 14.7. The Morgan fingerprint density at radius 1 is 0.656 bits per heavy atom. The van der Waals surface area contributed by atoms with Crippen molar-refractivity contribution in [1.82, 2.24) is 0 Å². The van der Waals surface area contributed by atoms with Crippen LogP contribution in [0.5, 0.6) is 0 Å². The molecule has 0 spiro atoms. The van der Waals surface area contributed by atoms with Gasteiger partial charge >= 0.3 is 0 Å². The molecule has 32 heavy (non-hydrogen) atoms. The molecule has 0 N–H and O–H groups in total. The van der Waals surface area contributed by atoms with Crippen molar-refractivity contribution in [3.05, 3.63) is 89.0 Å². The van der Waals surface area contributed by atoms with E-state index in [1.807, 2.05) is 88.4 Å². The van der Waals surface area contributed by atoms with Crippen LogP contribution >= 0.6 is 0 Å². The van der Waals surface area contributed by atoms with Crippen LogP contribution in [0.1, 0.15) is 97.1 Å². The number of nitrogens with zero attached hydrogens (tertiary/aromatic N) is 1. The number of hydrogen-bond donors (Lipinski definition) is 0. The van der Waals surface area contributed by atoms with Crippen LogP contribution in [-0.2, 0) is 0 Å². The zero-order valence-corrected chi connectivity index (χ0v) is 23.9. The normalized spacial score (nSPS) is 8.75. The number of benzene rings is 2. The SMILES string of the molecule is C=C(C)C.C=C(C)c1ccccc1C.CC.CC.CC.CN=C(C)c1ccc(C)c(C)c1. The lowest BCUT2D eigenvalue weighted by Gasteiger charge is -2.03. The summed E-state index contributed by atoms with van der Waals surface area (Å²) in [5.74, 6) is 0. The van der Waals surface area contributed by atoms with Crippen molar-refractivity contribution in [2.75, 3.05) is 7.05 Å². The van der Waals surface area contributed by atoms with Gasteiger partial charge in [-0.3, -0.25) is 4.99 Å². The number of allylic oxidation sites excluding steroid dienone is 2. The predicted molar refractivity (Wildman–Crippen MR) is 154 cm³/mol. The van der Waals surface area contributed by atoms with Gasteiger partial charge < -0.3 is 0 Å². The van der Waals surface area contributed by atoms with E-state index in [0.29, 0.717) is 0 Å². The van der Waals surface area contributed by atoms with Crippen LogP contribution in [0.3, 0.4) is 0 Å². The molecule has 0 bridgehead atoms. The van der Waals surface area contributed by atoms with E-state index in [1.54, 1.807) is 0 Å². The van der Waals surface area contributed by atoms with Gasteiger partial charge in [0.1, 0.15) is 0 Å². The Bertz CT molecular complexity index is 760.